The number of hydrogen-bond acceptors (Lipinski definition) is 4. The molecule has 0 spiro atoms. The number of rotatable bonds is 5. The van der Waals surface area contributed by atoms with Crippen LogP contribution in [0.1, 0.15) is 39.5 Å². The molecule has 6 heteroatoms. The summed E-state index contributed by atoms with van der Waals surface area (Å²) >= 11 is 0. The average Bonchev–Trinajstić information content (AvgIpc) is 2.51. The van der Waals surface area contributed by atoms with Crippen molar-refractivity contribution < 1.29 is 9.59 Å². The van der Waals surface area contributed by atoms with E-state index in [4.69, 9.17) is 0 Å². The molecule has 138 valence electrons. The Bertz CT molecular complexity index is 403. The summed E-state index contributed by atoms with van der Waals surface area (Å²) in [5.41, 5.74) is 0. The van der Waals surface area contributed by atoms with E-state index in [1.807, 2.05) is 9.80 Å². The van der Waals surface area contributed by atoms with Gasteiger partial charge in [-0.3, -0.25) is 9.59 Å². The monoisotopic (exact) mass is 338 g/mol. The van der Waals surface area contributed by atoms with Crippen molar-refractivity contribution in [2.45, 2.75) is 51.6 Å². The summed E-state index contributed by atoms with van der Waals surface area (Å²) in [4.78, 5) is 33.3. The minimum Gasteiger partial charge on any atom is -0.337 e. The second-order valence-corrected chi connectivity index (χ2v) is 7.60. The molecule has 2 unspecified atom stereocenters. The molecule has 0 N–H and O–H groups in total. The summed E-state index contributed by atoms with van der Waals surface area (Å²) in [7, 11) is 4.20. The van der Waals surface area contributed by atoms with Crippen LogP contribution in [0.4, 0.5) is 0 Å². The van der Waals surface area contributed by atoms with Crippen LogP contribution in [0.25, 0.3) is 0 Å². The van der Waals surface area contributed by atoms with Gasteiger partial charge in [-0.1, -0.05) is 0 Å². The zero-order valence-corrected chi connectivity index (χ0v) is 15.8. The van der Waals surface area contributed by atoms with E-state index in [0.29, 0.717) is 24.9 Å². The molecule has 0 aliphatic carbocycles. The lowest BCUT2D eigenvalue weighted by Gasteiger charge is -2.38. The molecule has 0 saturated carbocycles. The van der Waals surface area contributed by atoms with E-state index < -0.39 is 0 Å². The Labute approximate surface area is 146 Å². The van der Waals surface area contributed by atoms with Gasteiger partial charge < -0.3 is 19.6 Å². The lowest BCUT2D eigenvalue weighted by Crippen LogP contribution is -2.52. The Balaban J connectivity index is 1.65. The Morgan fingerprint density at radius 1 is 0.750 bits per heavy atom. The second kappa shape index (κ2) is 8.81. The van der Waals surface area contributed by atoms with Gasteiger partial charge in [-0.2, -0.15) is 0 Å². The van der Waals surface area contributed by atoms with E-state index in [-0.39, 0.29) is 11.8 Å². The third-order valence-electron chi connectivity index (χ3n) is 5.33. The fourth-order valence-corrected chi connectivity index (χ4v) is 3.86. The van der Waals surface area contributed by atoms with Gasteiger partial charge in [0.2, 0.25) is 11.8 Å². The van der Waals surface area contributed by atoms with Crippen molar-refractivity contribution in [1.29, 1.82) is 0 Å². The van der Waals surface area contributed by atoms with Gasteiger partial charge in [-0.15, -0.1) is 0 Å². The van der Waals surface area contributed by atoms with Crippen molar-refractivity contribution in [1.82, 2.24) is 19.6 Å². The highest BCUT2D eigenvalue weighted by Gasteiger charge is 2.26. The minimum absolute atomic E-state index is 0.246. The first-order chi connectivity index (χ1) is 11.4. The average molecular weight is 338 g/mol. The van der Waals surface area contributed by atoms with Crippen molar-refractivity contribution >= 4 is 11.8 Å². The highest BCUT2D eigenvalue weighted by Crippen LogP contribution is 2.14. The third-order valence-corrected chi connectivity index (χ3v) is 5.33. The molecule has 2 aliphatic heterocycles. The molecule has 6 nitrogen and oxygen atoms in total. The van der Waals surface area contributed by atoms with Crippen LogP contribution in [0.15, 0.2) is 0 Å². The smallest absolute Gasteiger partial charge is 0.222 e. The Morgan fingerprint density at radius 2 is 1.12 bits per heavy atom. The minimum atomic E-state index is 0.246. The molecule has 0 aromatic rings. The number of carbonyl (C=O) groups excluding carboxylic acids is 2. The number of amides is 2. The van der Waals surface area contributed by atoms with E-state index in [0.717, 1.165) is 52.1 Å². The van der Waals surface area contributed by atoms with Gasteiger partial charge in [-0.25, -0.2) is 0 Å². The van der Waals surface area contributed by atoms with E-state index in [2.05, 4.69) is 37.7 Å². The Morgan fingerprint density at radius 3 is 1.46 bits per heavy atom. The third kappa shape index (κ3) is 5.18. The van der Waals surface area contributed by atoms with Crippen LogP contribution in [-0.2, 0) is 9.59 Å². The maximum absolute atomic E-state index is 12.4. The summed E-state index contributed by atoms with van der Waals surface area (Å²) in [5.74, 6) is 0.493. The maximum atomic E-state index is 12.4. The van der Waals surface area contributed by atoms with Crippen molar-refractivity contribution in [3.05, 3.63) is 0 Å². The van der Waals surface area contributed by atoms with Crippen LogP contribution in [-0.4, -0.2) is 96.9 Å². The standard InChI is InChI=1S/C18H34N4O2/c1-15-13-19(3)9-11-21(15)17(23)7-5-6-8-18(24)22-12-10-20(4)14-16(22)2/h15-16H,5-14H2,1-4H3. The normalized spacial score (nSPS) is 26.7. The molecule has 0 aromatic carbocycles. The SMILES string of the molecule is CC1CN(C)CCN1C(=O)CCCCC(=O)N1CCN(C)CC1C. The fourth-order valence-electron chi connectivity index (χ4n) is 3.86. The van der Waals surface area contributed by atoms with Crippen LogP contribution >= 0.6 is 0 Å². The van der Waals surface area contributed by atoms with Gasteiger partial charge in [0.15, 0.2) is 0 Å². The molecular formula is C18H34N4O2. The molecule has 2 aliphatic rings. The van der Waals surface area contributed by atoms with Crippen LogP contribution < -0.4 is 0 Å². The first-order valence-electron chi connectivity index (χ1n) is 9.34. The molecule has 0 bridgehead atoms. The van der Waals surface area contributed by atoms with Crippen LogP contribution in [0, 0.1) is 0 Å². The first-order valence-corrected chi connectivity index (χ1v) is 9.34. The largest absolute Gasteiger partial charge is 0.337 e. The van der Waals surface area contributed by atoms with Crippen LogP contribution in [0.2, 0.25) is 0 Å². The highest BCUT2D eigenvalue weighted by molar-refractivity contribution is 5.78. The van der Waals surface area contributed by atoms with E-state index >= 15 is 0 Å². The lowest BCUT2D eigenvalue weighted by molar-refractivity contribution is -0.137. The molecular weight excluding hydrogens is 304 g/mol. The fraction of sp³-hybridized carbons (Fsp3) is 0.889. The zero-order chi connectivity index (χ0) is 17.7. The number of carbonyl (C=O) groups is 2. The first kappa shape index (κ1) is 19.2. The zero-order valence-electron chi connectivity index (χ0n) is 15.8. The lowest BCUT2D eigenvalue weighted by atomic mass is 10.1. The molecule has 0 aromatic heterocycles. The van der Waals surface area contributed by atoms with E-state index in [9.17, 15) is 9.59 Å². The van der Waals surface area contributed by atoms with Crippen LogP contribution in [0.3, 0.4) is 0 Å². The molecule has 2 atom stereocenters. The van der Waals surface area contributed by atoms with Crippen LogP contribution in [0.5, 0.6) is 0 Å². The molecule has 2 amide bonds. The predicted octanol–water partition coefficient (Wildman–Crippen LogP) is 0.872. The number of piperazine rings is 2. The summed E-state index contributed by atoms with van der Waals surface area (Å²) < 4.78 is 0. The molecule has 0 radical (unpaired) electrons. The molecule has 2 fully saturated rings. The Hall–Kier alpha value is -1.14. The number of hydrogen-bond donors (Lipinski definition) is 0. The summed E-state index contributed by atoms with van der Waals surface area (Å²) in [5, 5.41) is 0. The second-order valence-electron chi connectivity index (χ2n) is 7.60. The molecule has 2 heterocycles. The quantitative estimate of drug-likeness (QED) is 0.698. The van der Waals surface area contributed by atoms with Gasteiger partial charge in [-0.05, 0) is 40.8 Å². The van der Waals surface area contributed by atoms with Gasteiger partial charge >= 0.3 is 0 Å². The number of likely N-dealkylation sites (N-methyl/N-ethyl adjacent to an activating group) is 2. The summed E-state index contributed by atoms with van der Waals surface area (Å²) in [6.45, 7) is 9.70. The summed E-state index contributed by atoms with van der Waals surface area (Å²) in [6.07, 6.45) is 2.76. The summed E-state index contributed by atoms with van der Waals surface area (Å²) in [6, 6.07) is 0.591. The van der Waals surface area contributed by atoms with Gasteiger partial charge in [0, 0.05) is 64.2 Å². The van der Waals surface area contributed by atoms with Crippen molar-refractivity contribution in [3.63, 3.8) is 0 Å². The van der Waals surface area contributed by atoms with Gasteiger partial charge in [0.1, 0.15) is 0 Å². The molecule has 24 heavy (non-hydrogen) atoms. The topological polar surface area (TPSA) is 47.1 Å². The van der Waals surface area contributed by atoms with Crippen molar-refractivity contribution in [2.75, 3.05) is 53.4 Å². The predicted molar refractivity (Wildman–Crippen MR) is 95.8 cm³/mol. The number of nitrogens with zero attached hydrogens (tertiary/aromatic N) is 4. The molecule has 2 saturated heterocycles. The van der Waals surface area contributed by atoms with E-state index in [1.54, 1.807) is 0 Å². The van der Waals surface area contributed by atoms with Crippen molar-refractivity contribution in [3.8, 4) is 0 Å². The van der Waals surface area contributed by atoms with E-state index in [1.165, 1.54) is 0 Å². The van der Waals surface area contributed by atoms with Gasteiger partial charge in [0.25, 0.3) is 0 Å². The maximum Gasteiger partial charge on any atom is 0.222 e. The van der Waals surface area contributed by atoms with Gasteiger partial charge in [0.05, 0.1) is 0 Å². The number of unbranched alkanes of at least 4 members (excludes halogenated alkanes) is 1. The molecule has 2 rings (SSSR count). The van der Waals surface area contributed by atoms with Crippen molar-refractivity contribution in [2.24, 2.45) is 0 Å². The Kier molecular flexibility index (Phi) is 7.04. The highest BCUT2D eigenvalue weighted by atomic mass is 16.2.